The highest BCUT2D eigenvalue weighted by Crippen LogP contribution is 2.47. The number of fused-ring (bicyclic) bond motifs is 3. The Morgan fingerprint density at radius 2 is 2.11 bits per heavy atom. The lowest BCUT2D eigenvalue weighted by Crippen LogP contribution is -2.46. The maximum Gasteiger partial charge on any atom is 0.316 e. The molecule has 0 spiro atoms. The lowest BCUT2D eigenvalue weighted by atomic mass is 9.74. The molecule has 3 rings (SSSR count). The second kappa shape index (κ2) is 4.26. The van der Waals surface area contributed by atoms with Gasteiger partial charge in [-0.15, -0.1) is 0 Å². The van der Waals surface area contributed by atoms with E-state index in [1.807, 2.05) is 0 Å². The van der Waals surface area contributed by atoms with Gasteiger partial charge in [0, 0.05) is 12.3 Å². The number of ketones is 1. The van der Waals surface area contributed by atoms with Gasteiger partial charge in [0.05, 0.1) is 13.2 Å². The molecule has 2 aliphatic heterocycles. The summed E-state index contributed by atoms with van der Waals surface area (Å²) in [6, 6.07) is 0. The van der Waals surface area contributed by atoms with Crippen molar-refractivity contribution in [3.05, 3.63) is 0 Å². The first-order valence-corrected chi connectivity index (χ1v) is 6.54. The molecule has 6 heteroatoms. The molecule has 3 aliphatic rings. The minimum atomic E-state index is -0.795. The highest BCUT2D eigenvalue weighted by molar-refractivity contribution is 6.00. The summed E-state index contributed by atoms with van der Waals surface area (Å²) in [5.74, 6) is -2.44. The molecule has 0 amide bonds. The van der Waals surface area contributed by atoms with E-state index in [0.29, 0.717) is 12.8 Å². The van der Waals surface area contributed by atoms with Gasteiger partial charge in [-0.25, -0.2) is 0 Å². The minimum Gasteiger partial charge on any atom is -0.468 e. The molecule has 0 unspecified atom stereocenters. The molecular weight excluding hydrogens is 252 g/mol. The van der Waals surface area contributed by atoms with Crippen LogP contribution in [-0.2, 0) is 28.5 Å². The number of ether oxygens (including phenoxy) is 4. The summed E-state index contributed by atoms with van der Waals surface area (Å²) in [4.78, 5) is 23.9. The highest BCUT2D eigenvalue weighted by atomic mass is 16.8. The van der Waals surface area contributed by atoms with Crippen LogP contribution in [0.15, 0.2) is 0 Å². The summed E-state index contributed by atoms with van der Waals surface area (Å²) in [6.45, 7) is 3.59. The average molecular weight is 270 g/mol. The third-order valence-electron chi connectivity index (χ3n) is 4.07. The number of carbonyl (C=O) groups is 2. The molecule has 6 nitrogen and oxygen atoms in total. The molecule has 0 aromatic carbocycles. The maximum atomic E-state index is 12.0. The predicted octanol–water partition coefficient (Wildman–Crippen LogP) is 0.631. The van der Waals surface area contributed by atoms with Gasteiger partial charge < -0.3 is 18.9 Å². The van der Waals surface area contributed by atoms with Crippen LogP contribution in [0.1, 0.15) is 26.7 Å². The van der Waals surface area contributed by atoms with Crippen LogP contribution in [0.4, 0.5) is 0 Å². The van der Waals surface area contributed by atoms with Crippen molar-refractivity contribution in [2.45, 2.75) is 51.0 Å². The maximum absolute atomic E-state index is 12.0. The quantitative estimate of drug-likeness (QED) is 0.514. The van der Waals surface area contributed by atoms with Gasteiger partial charge in [-0.05, 0) is 20.3 Å². The topological polar surface area (TPSA) is 71.1 Å². The largest absolute Gasteiger partial charge is 0.468 e. The van der Waals surface area contributed by atoms with Gasteiger partial charge >= 0.3 is 5.97 Å². The summed E-state index contributed by atoms with van der Waals surface area (Å²) >= 11 is 0. The van der Waals surface area contributed by atoms with Gasteiger partial charge in [-0.3, -0.25) is 9.59 Å². The van der Waals surface area contributed by atoms with Crippen LogP contribution < -0.4 is 0 Å². The van der Waals surface area contributed by atoms with Gasteiger partial charge in [0.25, 0.3) is 0 Å². The first-order valence-electron chi connectivity index (χ1n) is 6.54. The van der Waals surface area contributed by atoms with Gasteiger partial charge in [0.15, 0.2) is 12.1 Å². The van der Waals surface area contributed by atoms with Crippen molar-refractivity contribution in [2.75, 3.05) is 7.11 Å². The van der Waals surface area contributed by atoms with Crippen LogP contribution >= 0.6 is 0 Å². The van der Waals surface area contributed by atoms with Crippen LogP contribution in [0.3, 0.4) is 0 Å². The monoisotopic (exact) mass is 270 g/mol. The van der Waals surface area contributed by atoms with E-state index in [1.165, 1.54) is 7.11 Å². The van der Waals surface area contributed by atoms with E-state index in [4.69, 9.17) is 18.9 Å². The van der Waals surface area contributed by atoms with Crippen LogP contribution in [0.25, 0.3) is 0 Å². The third kappa shape index (κ3) is 1.98. The normalized spacial score (nSPS) is 43.7. The summed E-state index contributed by atoms with van der Waals surface area (Å²) < 4.78 is 22.0. The molecule has 0 radical (unpaired) electrons. The van der Waals surface area contributed by atoms with Crippen molar-refractivity contribution in [2.24, 2.45) is 11.8 Å². The Hall–Kier alpha value is -0.980. The first kappa shape index (κ1) is 13.0. The van der Waals surface area contributed by atoms with Crippen LogP contribution in [-0.4, -0.2) is 43.1 Å². The lowest BCUT2D eigenvalue weighted by Gasteiger charge is -2.33. The summed E-state index contributed by atoms with van der Waals surface area (Å²) in [7, 11) is 1.29. The molecule has 3 fully saturated rings. The second-order valence-corrected chi connectivity index (χ2v) is 5.73. The zero-order valence-corrected chi connectivity index (χ0v) is 11.3. The fourth-order valence-corrected chi connectivity index (χ4v) is 3.33. The summed E-state index contributed by atoms with van der Waals surface area (Å²) in [5.41, 5.74) is 0. The average Bonchev–Trinajstić information content (AvgIpc) is 2.80. The van der Waals surface area contributed by atoms with Crippen LogP contribution in [0.5, 0.6) is 0 Å². The molecule has 0 aromatic rings. The van der Waals surface area contributed by atoms with Crippen molar-refractivity contribution >= 4 is 11.8 Å². The lowest BCUT2D eigenvalue weighted by molar-refractivity contribution is -0.216. The van der Waals surface area contributed by atoms with Gasteiger partial charge in [-0.1, -0.05) is 0 Å². The number of carbonyl (C=O) groups excluding carboxylic acids is 2. The van der Waals surface area contributed by atoms with Gasteiger partial charge in [0.1, 0.15) is 17.8 Å². The molecule has 0 bridgehead atoms. The number of methoxy groups -OCH3 is 1. The van der Waals surface area contributed by atoms with Crippen molar-refractivity contribution < 1.29 is 28.5 Å². The van der Waals surface area contributed by atoms with E-state index in [1.54, 1.807) is 13.8 Å². The highest BCUT2D eigenvalue weighted by Gasteiger charge is 2.60. The number of esters is 1. The predicted molar refractivity (Wildman–Crippen MR) is 61.9 cm³/mol. The Balaban J connectivity index is 1.89. The number of hydrogen-bond donors (Lipinski definition) is 0. The van der Waals surface area contributed by atoms with E-state index < -0.39 is 24.0 Å². The first-order chi connectivity index (χ1) is 8.93. The standard InChI is InChI=1S/C13H18O6/c1-13(2)18-10-9-7(17-12(10)19-13)5-4-6(14)8(9)11(15)16-3/h7-10,12H,4-5H2,1-3H3/t7-,8+,9+,10-,12-/m1/s1. The Bertz CT molecular complexity index is 409. The molecule has 2 heterocycles. The van der Waals surface area contributed by atoms with Crippen molar-refractivity contribution in [3.8, 4) is 0 Å². The van der Waals surface area contributed by atoms with Crippen LogP contribution in [0.2, 0.25) is 0 Å². The molecule has 5 atom stereocenters. The minimum absolute atomic E-state index is 0.0920. The molecule has 0 aromatic heterocycles. The molecule has 1 aliphatic carbocycles. The number of Topliss-reactive ketones (excluding diaryl/α,β-unsaturated/α-hetero) is 1. The van der Waals surface area contributed by atoms with Gasteiger partial charge in [-0.2, -0.15) is 0 Å². The Labute approximate surface area is 111 Å². The van der Waals surface area contributed by atoms with Gasteiger partial charge in [0.2, 0.25) is 0 Å². The van der Waals surface area contributed by atoms with E-state index in [0.717, 1.165) is 0 Å². The van der Waals surface area contributed by atoms with Crippen molar-refractivity contribution in [3.63, 3.8) is 0 Å². The molecule has 1 saturated carbocycles. The van der Waals surface area contributed by atoms with E-state index >= 15 is 0 Å². The fourth-order valence-electron chi connectivity index (χ4n) is 3.33. The zero-order valence-electron chi connectivity index (χ0n) is 11.3. The summed E-state index contributed by atoms with van der Waals surface area (Å²) in [5, 5.41) is 0. The third-order valence-corrected chi connectivity index (χ3v) is 4.07. The second-order valence-electron chi connectivity index (χ2n) is 5.73. The van der Waals surface area contributed by atoms with Crippen molar-refractivity contribution in [1.82, 2.24) is 0 Å². The molecule has 106 valence electrons. The van der Waals surface area contributed by atoms with Crippen molar-refractivity contribution in [1.29, 1.82) is 0 Å². The molecule has 19 heavy (non-hydrogen) atoms. The van der Waals surface area contributed by atoms with Crippen LogP contribution in [0, 0.1) is 11.8 Å². The molecule has 0 N–H and O–H groups in total. The smallest absolute Gasteiger partial charge is 0.316 e. The molecular formula is C13H18O6. The van der Waals surface area contributed by atoms with E-state index in [9.17, 15) is 9.59 Å². The van der Waals surface area contributed by atoms with E-state index in [2.05, 4.69) is 0 Å². The van der Waals surface area contributed by atoms with E-state index in [-0.39, 0.29) is 23.9 Å². The number of rotatable bonds is 1. The Morgan fingerprint density at radius 1 is 1.37 bits per heavy atom. The fraction of sp³-hybridized carbons (Fsp3) is 0.846. The summed E-state index contributed by atoms with van der Waals surface area (Å²) in [6.07, 6.45) is -0.106. The SMILES string of the molecule is COC(=O)[C@H]1C(=O)CC[C@H]2O[C@@H]3OC(C)(C)O[C@@H]3[C@H]12. The Kier molecular flexibility index (Phi) is 2.92. The number of hydrogen-bond acceptors (Lipinski definition) is 6. The molecule has 2 saturated heterocycles. The Morgan fingerprint density at radius 3 is 2.79 bits per heavy atom. The zero-order chi connectivity index (χ0) is 13.8.